The quantitative estimate of drug-likeness (QED) is 0.714. The average molecular weight is 379 g/mol. The monoisotopic (exact) mass is 379 g/mol. The molecule has 0 aliphatic carbocycles. The molecule has 1 fully saturated rings. The van der Waals surface area contributed by atoms with Crippen molar-refractivity contribution in [2.75, 3.05) is 60.6 Å². The molecule has 8 heteroatoms. The molecule has 1 aliphatic rings. The molecule has 150 valence electrons. The Balaban J connectivity index is 1.83. The molecule has 0 saturated carbocycles. The predicted octanol–water partition coefficient (Wildman–Crippen LogP) is 1.44. The molecule has 0 aromatic heterocycles. The van der Waals surface area contributed by atoms with Crippen LogP contribution in [0, 0.1) is 0 Å². The fourth-order valence-corrected chi connectivity index (χ4v) is 3.03. The number of hydrogen-bond acceptors (Lipinski definition) is 6. The van der Waals surface area contributed by atoms with Crippen LogP contribution in [0.4, 0.5) is 4.79 Å². The van der Waals surface area contributed by atoms with Gasteiger partial charge in [0.25, 0.3) is 0 Å². The Bertz CT molecular complexity index is 644. The van der Waals surface area contributed by atoms with Crippen LogP contribution in [0.15, 0.2) is 18.2 Å². The van der Waals surface area contributed by atoms with Gasteiger partial charge in [-0.2, -0.15) is 0 Å². The third-order valence-electron chi connectivity index (χ3n) is 4.46. The zero-order valence-corrected chi connectivity index (χ0v) is 16.6. The van der Waals surface area contributed by atoms with Gasteiger partial charge in [-0.25, -0.2) is 4.79 Å². The Morgan fingerprint density at radius 1 is 1.04 bits per heavy atom. The molecule has 0 spiro atoms. The second kappa shape index (κ2) is 10.0. The zero-order chi connectivity index (χ0) is 19.8. The Morgan fingerprint density at radius 2 is 1.67 bits per heavy atom. The Morgan fingerprint density at radius 3 is 2.26 bits per heavy atom. The second-order valence-corrected chi connectivity index (χ2v) is 6.43. The Kier molecular flexibility index (Phi) is 7.72. The van der Waals surface area contributed by atoms with Crippen molar-refractivity contribution in [3.05, 3.63) is 23.8 Å². The van der Waals surface area contributed by atoms with Crippen LogP contribution in [0.2, 0.25) is 0 Å². The van der Waals surface area contributed by atoms with Crippen molar-refractivity contribution < 1.29 is 23.8 Å². The van der Waals surface area contributed by atoms with Crippen LogP contribution in [0.5, 0.6) is 11.5 Å². The number of amides is 2. The molecule has 2 amide bonds. The van der Waals surface area contributed by atoms with Gasteiger partial charge < -0.3 is 24.0 Å². The van der Waals surface area contributed by atoms with Crippen molar-refractivity contribution in [3.8, 4) is 11.5 Å². The molecule has 0 unspecified atom stereocenters. The van der Waals surface area contributed by atoms with Crippen molar-refractivity contribution in [3.63, 3.8) is 0 Å². The molecule has 8 nitrogen and oxygen atoms in total. The van der Waals surface area contributed by atoms with Gasteiger partial charge >= 0.3 is 6.09 Å². The van der Waals surface area contributed by atoms with Gasteiger partial charge in [-0.05, 0) is 31.7 Å². The Labute approximate surface area is 160 Å². The van der Waals surface area contributed by atoms with Gasteiger partial charge in [-0.1, -0.05) is 6.07 Å². The van der Waals surface area contributed by atoms with Crippen LogP contribution in [-0.2, 0) is 16.1 Å². The summed E-state index contributed by atoms with van der Waals surface area (Å²) in [5, 5.41) is 0. The maximum absolute atomic E-state index is 12.5. The van der Waals surface area contributed by atoms with Gasteiger partial charge in [-0.15, -0.1) is 0 Å². The van der Waals surface area contributed by atoms with Crippen LogP contribution in [0.25, 0.3) is 0 Å². The summed E-state index contributed by atoms with van der Waals surface area (Å²) in [4.78, 5) is 29.6. The van der Waals surface area contributed by atoms with Crippen LogP contribution in [0.3, 0.4) is 0 Å². The summed E-state index contributed by atoms with van der Waals surface area (Å²) in [6.07, 6.45) is -0.310. The van der Waals surface area contributed by atoms with Crippen LogP contribution in [0.1, 0.15) is 12.5 Å². The lowest BCUT2D eigenvalue weighted by molar-refractivity contribution is -0.133. The molecule has 2 rings (SSSR count). The van der Waals surface area contributed by atoms with E-state index in [4.69, 9.17) is 14.2 Å². The van der Waals surface area contributed by atoms with Crippen molar-refractivity contribution in [1.29, 1.82) is 0 Å². The van der Waals surface area contributed by atoms with Crippen molar-refractivity contribution in [2.45, 2.75) is 13.5 Å². The highest BCUT2D eigenvalue weighted by Gasteiger charge is 2.25. The SMILES string of the molecule is CCOC(=O)N1CCN(C(=O)CN(C)Cc2ccc(OC)c(OC)c2)CC1. The number of carbonyl (C=O) groups excluding carboxylic acids is 2. The summed E-state index contributed by atoms with van der Waals surface area (Å²) in [5.74, 6) is 1.41. The molecule has 1 heterocycles. The van der Waals surface area contributed by atoms with Gasteiger partial charge in [0.05, 0.1) is 27.4 Å². The van der Waals surface area contributed by atoms with E-state index in [2.05, 4.69) is 0 Å². The first-order valence-corrected chi connectivity index (χ1v) is 9.07. The summed E-state index contributed by atoms with van der Waals surface area (Å²) in [6.45, 7) is 5.14. The molecule has 0 bridgehead atoms. The van der Waals surface area contributed by atoms with E-state index >= 15 is 0 Å². The minimum Gasteiger partial charge on any atom is -0.493 e. The molecule has 0 radical (unpaired) electrons. The summed E-state index contributed by atoms with van der Waals surface area (Å²) < 4.78 is 15.6. The first kappa shape index (κ1) is 20.8. The van der Waals surface area contributed by atoms with E-state index in [1.54, 1.807) is 30.9 Å². The largest absolute Gasteiger partial charge is 0.493 e. The number of ether oxygens (including phenoxy) is 3. The number of benzene rings is 1. The minimum absolute atomic E-state index is 0.0569. The second-order valence-electron chi connectivity index (χ2n) is 6.43. The smallest absolute Gasteiger partial charge is 0.409 e. The number of rotatable bonds is 7. The van der Waals surface area contributed by atoms with Gasteiger partial charge in [0, 0.05) is 32.7 Å². The molecular weight excluding hydrogens is 350 g/mol. The average Bonchev–Trinajstić information content (AvgIpc) is 2.68. The number of piperazine rings is 1. The number of carbonyl (C=O) groups is 2. The van der Waals surface area contributed by atoms with E-state index < -0.39 is 0 Å². The topological polar surface area (TPSA) is 71.6 Å². The highest BCUT2D eigenvalue weighted by Crippen LogP contribution is 2.27. The van der Waals surface area contributed by atoms with Gasteiger partial charge in [0.15, 0.2) is 11.5 Å². The maximum Gasteiger partial charge on any atom is 0.409 e. The van der Waals surface area contributed by atoms with Crippen molar-refractivity contribution >= 4 is 12.0 Å². The highest BCUT2D eigenvalue weighted by molar-refractivity contribution is 5.78. The van der Waals surface area contributed by atoms with Crippen molar-refractivity contribution in [1.82, 2.24) is 14.7 Å². The number of methoxy groups -OCH3 is 2. The van der Waals surface area contributed by atoms with Crippen LogP contribution in [-0.4, -0.2) is 87.3 Å². The molecule has 0 atom stereocenters. The molecule has 1 aromatic carbocycles. The zero-order valence-electron chi connectivity index (χ0n) is 16.6. The minimum atomic E-state index is -0.310. The summed E-state index contributed by atoms with van der Waals surface area (Å²) in [6, 6.07) is 5.73. The summed E-state index contributed by atoms with van der Waals surface area (Å²) in [5.41, 5.74) is 1.04. The fourth-order valence-electron chi connectivity index (χ4n) is 3.03. The van der Waals surface area contributed by atoms with Crippen LogP contribution >= 0.6 is 0 Å². The van der Waals surface area contributed by atoms with E-state index in [0.717, 1.165) is 5.56 Å². The number of likely N-dealkylation sites (N-methyl/N-ethyl adjacent to an activating group) is 1. The van der Waals surface area contributed by atoms with E-state index in [-0.39, 0.29) is 12.0 Å². The Hall–Kier alpha value is -2.48. The van der Waals surface area contributed by atoms with E-state index in [1.165, 1.54) is 0 Å². The first-order valence-electron chi connectivity index (χ1n) is 9.07. The van der Waals surface area contributed by atoms with Gasteiger partial charge in [0.1, 0.15) is 0 Å². The van der Waals surface area contributed by atoms with Gasteiger partial charge in [-0.3, -0.25) is 9.69 Å². The summed E-state index contributed by atoms with van der Waals surface area (Å²) >= 11 is 0. The lowest BCUT2D eigenvalue weighted by Gasteiger charge is -2.34. The fraction of sp³-hybridized carbons (Fsp3) is 0.579. The lowest BCUT2D eigenvalue weighted by Crippen LogP contribution is -2.52. The number of nitrogens with zero attached hydrogens (tertiary/aromatic N) is 3. The summed E-state index contributed by atoms with van der Waals surface area (Å²) in [7, 11) is 5.11. The molecule has 0 N–H and O–H groups in total. The molecule has 27 heavy (non-hydrogen) atoms. The molecule has 1 aromatic rings. The van der Waals surface area contributed by atoms with Crippen molar-refractivity contribution in [2.24, 2.45) is 0 Å². The molecule has 1 aliphatic heterocycles. The maximum atomic E-state index is 12.5. The van der Waals surface area contributed by atoms with E-state index in [0.29, 0.717) is 57.4 Å². The number of hydrogen-bond donors (Lipinski definition) is 0. The first-order chi connectivity index (χ1) is 13.0. The third-order valence-corrected chi connectivity index (χ3v) is 4.46. The standard InChI is InChI=1S/C19H29N3O5/c1-5-27-19(24)22-10-8-21(9-11-22)18(23)14-20(2)13-15-6-7-16(25-3)17(12-15)26-4/h6-7,12H,5,8-11,13-14H2,1-4H3. The normalized spacial score (nSPS) is 14.3. The molecular formula is C19H29N3O5. The van der Waals surface area contributed by atoms with E-state index in [9.17, 15) is 9.59 Å². The molecule has 1 saturated heterocycles. The van der Waals surface area contributed by atoms with Crippen LogP contribution < -0.4 is 9.47 Å². The van der Waals surface area contributed by atoms with E-state index in [1.807, 2.05) is 30.1 Å². The lowest BCUT2D eigenvalue weighted by atomic mass is 10.2. The van der Waals surface area contributed by atoms with Gasteiger partial charge in [0.2, 0.25) is 5.91 Å². The third kappa shape index (κ3) is 5.75. The highest BCUT2D eigenvalue weighted by atomic mass is 16.6. The predicted molar refractivity (Wildman–Crippen MR) is 101 cm³/mol.